The van der Waals surface area contributed by atoms with Gasteiger partial charge in [-0.25, -0.2) is 0 Å². The Kier molecular flexibility index (Phi) is 5.79. The molecule has 1 atom stereocenters. The van der Waals surface area contributed by atoms with Gasteiger partial charge in [-0.05, 0) is 19.1 Å². The molecule has 1 rings (SSSR count). The molecule has 6 heteroatoms. The molecule has 19 heavy (non-hydrogen) atoms. The van der Waals surface area contributed by atoms with Gasteiger partial charge in [0.2, 0.25) is 11.8 Å². The molecule has 2 amide bonds. The fourth-order valence-corrected chi connectivity index (χ4v) is 1.66. The Balaban J connectivity index is 2.45. The lowest BCUT2D eigenvalue weighted by molar-refractivity contribution is -0.130. The molecule has 0 radical (unpaired) electrons. The Labute approximate surface area is 117 Å². The van der Waals surface area contributed by atoms with Crippen LogP contribution >= 0.6 is 11.6 Å². The van der Waals surface area contributed by atoms with E-state index in [1.54, 1.807) is 45.3 Å². The van der Waals surface area contributed by atoms with Crippen LogP contribution in [0.2, 0.25) is 5.02 Å². The zero-order valence-electron chi connectivity index (χ0n) is 11.2. The Bertz CT molecular complexity index is 463. The molecule has 1 unspecified atom stereocenters. The summed E-state index contributed by atoms with van der Waals surface area (Å²) in [7, 11) is 3.34. The smallest absolute Gasteiger partial charge is 0.238 e. The molecule has 104 valence electrons. The van der Waals surface area contributed by atoms with E-state index in [1.165, 1.54) is 4.90 Å². The number of nitrogens with one attached hydrogen (secondary N) is 2. The molecule has 0 heterocycles. The predicted octanol–water partition coefficient (Wildman–Crippen LogP) is 1.34. The first kappa shape index (κ1) is 15.5. The molecule has 0 fully saturated rings. The summed E-state index contributed by atoms with van der Waals surface area (Å²) in [5.41, 5.74) is 0.558. The standard InChI is InChI=1S/C13H18ClN3O2/c1-9(13(19)17(2)3)15-8-12(18)16-11-7-5-4-6-10(11)14/h4-7,9,15H,8H2,1-3H3,(H,16,18). The van der Waals surface area contributed by atoms with Crippen molar-refractivity contribution in [1.29, 1.82) is 0 Å². The highest BCUT2D eigenvalue weighted by atomic mass is 35.5. The predicted molar refractivity (Wildman–Crippen MR) is 76.2 cm³/mol. The molecule has 0 spiro atoms. The number of para-hydroxylation sites is 1. The maximum atomic E-state index is 11.7. The van der Waals surface area contributed by atoms with Crippen LogP contribution < -0.4 is 10.6 Å². The van der Waals surface area contributed by atoms with E-state index in [0.717, 1.165) is 0 Å². The number of likely N-dealkylation sites (N-methyl/N-ethyl adjacent to an activating group) is 1. The van der Waals surface area contributed by atoms with Crippen molar-refractivity contribution in [1.82, 2.24) is 10.2 Å². The lowest BCUT2D eigenvalue weighted by atomic mass is 10.3. The maximum Gasteiger partial charge on any atom is 0.238 e. The average molecular weight is 284 g/mol. The van der Waals surface area contributed by atoms with Crippen molar-refractivity contribution >= 4 is 29.1 Å². The van der Waals surface area contributed by atoms with E-state index in [-0.39, 0.29) is 18.4 Å². The Morgan fingerprint density at radius 2 is 1.95 bits per heavy atom. The summed E-state index contributed by atoms with van der Waals surface area (Å²) in [6, 6.07) is 6.57. The number of rotatable bonds is 5. The molecule has 1 aromatic rings. The lowest BCUT2D eigenvalue weighted by Crippen LogP contribution is -2.44. The van der Waals surface area contributed by atoms with Crippen LogP contribution in [0.5, 0.6) is 0 Å². The van der Waals surface area contributed by atoms with Crippen LogP contribution in [-0.2, 0) is 9.59 Å². The van der Waals surface area contributed by atoms with Crippen LogP contribution in [0, 0.1) is 0 Å². The van der Waals surface area contributed by atoms with Gasteiger partial charge in [-0.1, -0.05) is 23.7 Å². The lowest BCUT2D eigenvalue weighted by Gasteiger charge is -2.17. The summed E-state index contributed by atoms with van der Waals surface area (Å²) in [5.74, 6) is -0.322. The van der Waals surface area contributed by atoms with Gasteiger partial charge < -0.3 is 10.2 Å². The first-order valence-corrected chi connectivity index (χ1v) is 6.28. The van der Waals surface area contributed by atoms with E-state index in [4.69, 9.17) is 11.6 Å². The van der Waals surface area contributed by atoms with E-state index >= 15 is 0 Å². The fraction of sp³-hybridized carbons (Fsp3) is 0.385. The molecular formula is C13H18ClN3O2. The second-order valence-corrected chi connectivity index (χ2v) is 4.77. The Hall–Kier alpha value is -1.59. The number of nitrogens with zero attached hydrogens (tertiary/aromatic N) is 1. The van der Waals surface area contributed by atoms with E-state index in [2.05, 4.69) is 10.6 Å². The fourth-order valence-electron chi connectivity index (χ4n) is 1.48. The van der Waals surface area contributed by atoms with Crippen LogP contribution in [0.1, 0.15) is 6.92 Å². The SMILES string of the molecule is CC(NCC(=O)Nc1ccccc1Cl)C(=O)N(C)C. The number of hydrogen-bond acceptors (Lipinski definition) is 3. The minimum absolute atomic E-state index is 0.0476. The molecule has 0 aliphatic rings. The number of benzene rings is 1. The van der Waals surface area contributed by atoms with Gasteiger partial charge in [0.1, 0.15) is 0 Å². The van der Waals surface area contributed by atoms with Gasteiger partial charge in [-0.3, -0.25) is 14.9 Å². The normalized spacial score (nSPS) is 11.8. The quantitative estimate of drug-likeness (QED) is 0.857. The summed E-state index contributed by atoms with van der Waals surface area (Å²) in [6.07, 6.45) is 0. The number of carbonyl (C=O) groups excluding carboxylic acids is 2. The second kappa shape index (κ2) is 7.11. The van der Waals surface area contributed by atoms with E-state index in [9.17, 15) is 9.59 Å². The highest BCUT2D eigenvalue weighted by molar-refractivity contribution is 6.33. The molecule has 0 saturated carbocycles. The third kappa shape index (κ3) is 4.89. The number of halogens is 1. The van der Waals surface area contributed by atoms with Crippen LogP contribution in [0.4, 0.5) is 5.69 Å². The van der Waals surface area contributed by atoms with Gasteiger partial charge in [0, 0.05) is 14.1 Å². The highest BCUT2D eigenvalue weighted by Gasteiger charge is 2.15. The molecule has 2 N–H and O–H groups in total. The summed E-state index contributed by atoms with van der Waals surface area (Å²) in [5, 5.41) is 6.01. The van der Waals surface area contributed by atoms with Crippen molar-refractivity contribution < 1.29 is 9.59 Å². The third-order valence-electron chi connectivity index (χ3n) is 2.53. The van der Waals surface area contributed by atoms with Gasteiger partial charge in [-0.2, -0.15) is 0 Å². The van der Waals surface area contributed by atoms with E-state index in [1.807, 2.05) is 0 Å². The van der Waals surface area contributed by atoms with Crippen LogP contribution in [0.15, 0.2) is 24.3 Å². The first-order chi connectivity index (χ1) is 8.91. The highest BCUT2D eigenvalue weighted by Crippen LogP contribution is 2.19. The number of anilines is 1. The second-order valence-electron chi connectivity index (χ2n) is 4.36. The monoisotopic (exact) mass is 283 g/mol. The van der Waals surface area contributed by atoms with Crippen molar-refractivity contribution in [2.75, 3.05) is 26.0 Å². The maximum absolute atomic E-state index is 11.7. The van der Waals surface area contributed by atoms with Gasteiger partial charge >= 0.3 is 0 Å². The molecule has 0 aromatic heterocycles. The van der Waals surface area contributed by atoms with Gasteiger partial charge in [0.15, 0.2) is 0 Å². The minimum Gasteiger partial charge on any atom is -0.347 e. The summed E-state index contributed by atoms with van der Waals surface area (Å²) < 4.78 is 0. The van der Waals surface area contributed by atoms with Crippen LogP contribution in [0.3, 0.4) is 0 Å². The summed E-state index contributed by atoms with van der Waals surface area (Å²) in [4.78, 5) is 24.8. The molecule has 1 aromatic carbocycles. The van der Waals surface area contributed by atoms with Crippen molar-refractivity contribution in [3.63, 3.8) is 0 Å². The molecule has 0 saturated heterocycles. The largest absolute Gasteiger partial charge is 0.347 e. The number of hydrogen-bond donors (Lipinski definition) is 2. The molecule has 0 bridgehead atoms. The van der Waals surface area contributed by atoms with Crippen LogP contribution in [-0.4, -0.2) is 43.4 Å². The van der Waals surface area contributed by atoms with Gasteiger partial charge in [0.05, 0.1) is 23.3 Å². The molecule has 5 nitrogen and oxygen atoms in total. The zero-order valence-corrected chi connectivity index (χ0v) is 12.0. The summed E-state index contributed by atoms with van der Waals surface area (Å²) in [6.45, 7) is 1.76. The minimum atomic E-state index is -0.410. The van der Waals surface area contributed by atoms with Crippen molar-refractivity contribution in [3.05, 3.63) is 29.3 Å². The Morgan fingerprint density at radius 1 is 1.32 bits per heavy atom. The molecular weight excluding hydrogens is 266 g/mol. The van der Waals surface area contributed by atoms with Crippen molar-refractivity contribution in [3.8, 4) is 0 Å². The van der Waals surface area contributed by atoms with E-state index in [0.29, 0.717) is 10.7 Å². The van der Waals surface area contributed by atoms with Gasteiger partial charge in [-0.15, -0.1) is 0 Å². The first-order valence-electron chi connectivity index (χ1n) is 5.90. The molecule has 0 aliphatic heterocycles. The van der Waals surface area contributed by atoms with Gasteiger partial charge in [0.25, 0.3) is 0 Å². The Morgan fingerprint density at radius 3 is 2.53 bits per heavy atom. The summed E-state index contributed by atoms with van der Waals surface area (Å²) >= 11 is 5.93. The number of amides is 2. The third-order valence-corrected chi connectivity index (χ3v) is 2.86. The van der Waals surface area contributed by atoms with Crippen molar-refractivity contribution in [2.24, 2.45) is 0 Å². The molecule has 0 aliphatic carbocycles. The topological polar surface area (TPSA) is 61.4 Å². The average Bonchev–Trinajstić information content (AvgIpc) is 2.37. The van der Waals surface area contributed by atoms with Crippen LogP contribution in [0.25, 0.3) is 0 Å². The van der Waals surface area contributed by atoms with E-state index < -0.39 is 6.04 Å². The zero-order chi connectivity index (χ0) is 14.4. The van der Waals surface area contributed by atoms with Crippen molar-refractivity contribution in [2.45, 2.75) is 13.0 Å². The number of carbonyl (C=O) groups is 2.